The predicted molar refractivity (Wildman–Crippen MR) is 96.9 cm³/mol. The SMILES string of the molecule is COc1cccc(CC(=O)Nc2ccccc2C(=O)N2CCCC2)c1. The summed E-state index contributed by atoms with van der Waals surface area (Å²) in [5.41, 5.74) is 1.97. The maximum absolute atomic E-state index is 12.6. The summed E-state index contributed by atoms with van der Waals surface area (Å²) in [6, 6.07) is 14.6. The highest BCUT2D eigenvalue weighted by atomic mass is 16.5. The van der Waals surface area contributed by atoms with E-state index in [9.17, 15) is 9.59 Å². The minimum absolute atomic E-state index is 0.0187. The molecule has 1 aliphatic rings. The van der Waals surface area contributed by atoms with E-state index in [1.807, 2.05) is 41.3 Å². The van der Waals surface area contributed by atoms with Gasteiger partial charge in [0.25, 0.3) is 5.91 Å². The highest BCUT2D eigenvalue weighted by Crippen LogP contribution is 2.21. The first-order valence-electron chi connectivity index (χ1n) is 8.48. The smallest absolute Gasteiger partial charge is 0.255 e. The molecule has 0 radical (unpaired) electrons. The second-order valence-electron chi connectivity index (χ2n) is 6.12. The molecule has 5 heteroatoms. The van der Waals surface area contributed by atoms with Gasteiger partial charge in [0, 0.05) is 13.1 Å². The van der Waals surface area contributed by atoms with E-state index in [-0.39, 0.29) is 18.2 Å². The summed E-state index contributed by atoms with van der Waals surface area (Å²) in [6.07, 6.45) is 2.30. The Bertz CT molecular complexity index is 767. The van der Waals surface area contributed by atoms with Crippen molar-refractivity contribution in [2.24, 2.45) is 0 Å². The van der Waals surface area contributed by atoms with Gasteiger partial charge in [0.15, 0.2) is 0 Å². The zero-order valence-electron chi connectivity index (χ0n) is 14.3. The van der Waals surface area contributed by atoms with Crippen molar-refractivity contribution in [3.63, 3.8) is 0 Å². The van der Waals surface area contributed by atoms with E-state index in [4.69, 9.17) is 4.74 Å². The first kappa shape index (κ1) is 17.0. The van der Waals surface area contributed by atoms with Crippen LogP contribution in [0.25, 0.3) is 0 Å². The van der Waals surface area contributed by atoms with Gasteiger partial charge in [0.2, 0.25) is 5.91 Å². The van der Waals surface area contributed by atoms with Gasteiger partial charge in [-0.05, 0) is 42.7 Å². The van der Waals surface area contributed by atoms with Crippen LogP contribution in [-0.4, -0.2) is 36.9 Å². The Kier molecular flexibility index (Phi) is 5.33. The molecule has 1 saturated heterocycles. The van der Waals surface area contributed by atoms with Gasteiger partial charge in [-0.25, -0.2) is 0 Å². The number of nitrogens with one attached hydrogen (secondary N) is 1. The van der Waals surface area contributed by atoms with E-state index in [0.717, 1.165) is 37.2 Å². The average molecular weight is 338 g/mol. The number of rotatable bonds is 5. The minimum atomic E-state index is -0.157. The molecule has 0 aromatic heterocycles. The first-order valence-corrected chi connectivity index (χ1v) is 8.48. The van der Waals surface area contributed by atoms with Crippen molar-refractivity contribution in [1.82, 2.24) is 4.90 Å². The third-order valence-electron chi connectivity index (χ3n) is 4.32. The second-order valence-corrected chi connectivity index (χ2v) is 6.12. The molecule has 1 heterocycles. The largest absolute Gasteiger partial charge is 0.497 e. The summed E-state index contributed by atoms with van der Waals surface area (Å²) in [7, 11) is 1.60. The van der Waals surface area contributed by atoms with Crippen LogP contribution in [0.1, 0.15) is 28.8 Å². The lowest BCUT2D eigenvalue weighted by molar-refractivity contribution is -0.115. The van der Waals surface area contributed by atoms with Crippen molar-refractivity contribution in [2.45, 2.75) is 19.3 Å². The maximum Gasteiger partial charge on any atom is 0.255 e. The fourth-order valence-corrected chi connectivity index (χ4v) is 3.03. The summed E-state index contributed by atoms with van der Waals surface area (Å²) in [6.45, 7) is 1.57. The van der Waals surface area contributed by atoms with Gasteiger partial charge >= 0.3 is 0 Å². The fourth-order valence-electron chi connectivity index (χ4n) is 3.03. The van der Waals surface area contributed by atoms with Crippen LogP contribution in [0.5, 0.6) is 5.75 Å². The number of para-hydroxylation sites is 1. The van der Waals surface area contributed by atoms with Gasteiger partial charge in [0.1, 0.15) is 5.75 Å². The zero-order valence-corrected chi connectivity index (χ0v) is 14.3. The molecule has 0 saturated carbocycles. The van der Waals surface area contributed by atoms with Crippen LogP contribution in [0.4, 0.5) is 5.69 Å². The Labute approximate surface area is 147 Å². The lowest BCUT2D eigenvalue weighted by Crippen LogP contribution is -2.29. The average Bonchev–Trinajstić information content (AvgIpc) is 3.16. The van der Waals surface area contributed by atoms with Crippen LogP contribution >= 0.6 is 0 Å². The number of hydrogen-bond donors (Lipinski definition) is 1. The molecule has 1 aliphatic heterocycles. The molecule has 0 aliphatic carbocycles. The normalized spacial score (nSPS) is 13.6. The number of ether oxygens (including phenoxy) is 1. The van der Waals surface area contributed by atoms with Crippen LogP contribution in [0.3, 0.4) is 0 Å². The molecule has 1 fully saturated rings. The first-order chi connectivity index (χ1) is 12.2. The van der Waals surface area contributed by atoms with Crippen molar-refractivity contribution in [1.29, 1.82) is 0 Å². The molecular weight excluding hydrogens is 316 g/mol. The standard InChI is InChI=1S/C20H22N2O3/c1-25-16-8-6-7-15(13-16)14-19(23)21-18-10-3-2-9-17(18)20(24)22-11-4-5-12-22/h2-3,6-10,13H,4-5,11-12,14H2,1H3,(H,21,23). The van der Waals surface area contributed by atoms with Gasteiger partial charge in [-0.3, -0.25) is 9.59 Å². The molecule has 5 nitrogen and oxygen atoms in total. The van der Waals surface area contributed by atoms with E-state index < -0.39 is 0 Å². The van der Waals surface area contributed by atoms with Gasteiger partial charge in [-0.2, -0.15) is 0 Å². The summed E-state index contributed by atoms with van der Waals surface area (Å²) in [5.74, 6) is 0.541. The number of amides is 2. The van der Waals surface area contributed by atoms with Crippen molar-refractivity contribution in [3.05, 3.63) is 59.7 Å². The third kappa shape index (κ3) is 4.18. The molecule has 2 amide bonds. The molecule has 0 atom stereocenters. The Hall–Kier alpha value is -2.82. The number of nitrogens with zero attached hydrogens (tertiary/aromatic N) is 1. The second kappa shape index (κ2) is 7.83. The highest BCUT2D eigenvalue weighted by Gasteiger charge is 2.22. The lowest BCUT2D eigenvalue weighted by atomic mass is 10.1. The molecule has 1 N–H and O–H groups in total. The summed E-state index contributed by atoms with van der Waals surface area (Å²) >= 11 is 0. The Morgan fingerprint density at radius 3 is 2.60 bits per heavy atom. The molecule has 0 bridgehead atoms. The highest BCUT2D eigenvalue weighted by molar-refractivity contribution is 6.04. The van der Waals surface area contributed by atoms with Crippen LogP contribution in [-0.2, 0) is 11.2 Å². The van der Waals surface area contributed by atoms with Crippen molar-refractivity contribution in [2.75, 3.05) is 25.5 Å². The van der Waals surface area contributed by atoms with E-state index in [2.05, 4.69) is 5.32 Å². The zero-order chi connectivity index (χ0) is 17.6. The van der Waals surface area contributed by atoms with Gasteiger partial charge in [0.05, 0.1) is 24.8 Å². The van der Waals surface area contributed by atoms with Crippen molar-refractivity contribution in [3.8, 4) is 5.75 Å². The Balaban J connectivity index is 1.71. The molecule has 2 aromatic carbocycles. The predicted octanol–water partition coefficient (Wildman–Crippen LogP) is 3.11. The fraction of sp³-hybridized carbons (Fsp3) is 0.300. The van der Waals surface area contributed by atoms with Crippen molar-refractivity contribution < 1.29 is 14.3 Å². The van der Waals surface area contributed by atoms with E-state index in [1.54, 1.807) is 19.2 Å². The topological polar surface area (TPSA) is 58.6 Å². The summed E-state index contributed by atoms with van der Waals surface area (Å²) in [4.78, 5) is 26.9. The third-order valence-corrected chi connectivity index (χ3v) is 4.32. The minimum Gasteiger partial charge on any atom is -0.497 e. The molecule has 25 heavy (non-hydrogen) atoms. The molecule has 3 rings (SSSR count). The van der Waals surface area contributed by atoms with Gasteiger partial charge in [-0.15, -0.1) is 0 Å². The maximum atomic E-state index is 12.6. The molecule has 0 spiro atoms. The van der Waals surface area contributed by atoms with Crippen molar-refractivity contribution >= 4 is 17.5 Å². The molecule has 130 valence electrons. The Morgan fingerprint density at radius 2 is 1.84 bits per heavy atom. The molecular formula is C20H22N2O3. The number of anilines is 1. The quantitative estimate of drug-likeness (QED) is 0.911. The van der Waals surface area contributed by atoms with Crippen LogP contribution < -0.4 is 10.1 Å². The monoisotopic (exact) mass is 338 g/mol. The summed E-state index contributed by atoms with van der Waals surface area (Å²) < 4.78 is 5.18. The van der Waals surface area contributed by atoms with E-state index in [1.165, 1.54) is 0 Å². The number of likely N-dealkylation sites (tertiary alicyclic amines) is 1. The Morgan fingerprint density at radius 1 is 1.08 bits per heavy atom. The van der Waals surface area contributed by atoms with E-state index >= 15 is 0 Å². The lowest BCUT2D eigenvalue weighted by Gasteiger charge is -2.18. The molecule has 2 aromatic rings. The summed E-state index contributed by atoms with van der Waals surface area (Å²) in [5, 5.41) is 2.87. The van der Waals surface area contributed by atoms with Gasteiger partial charge < -0.3 is 15.0 Å². The van der Waals surface area contributed by atoms with Crippen LogP contribution in [0, 0.1) is 0 Å². The number of hydrogen-bond acceptors (Lipinski definition) is 3. The van der Waals surface area contributed by atoms with Crippen LogP contribution in [0.2, 0.25) is 0 Å². The van der Waals surface area contributed by atoms with E-state index in [0.29, 0.717) is 11.3 Å². The van der Waals surface area contributed by atoms with Gasteiger partial charge in [-0.1, -0.05) is 24.3 Å². The number of carbonyl (C=O) groups is 2. The number of methoxy groups -OCH3 is 1. The van der Waals surface area contributed by atoms with Crippen LogP contribution in [0.15, 0.2) is 48.5 Å². The number of carbonyl (C=O) groups excluding carboxylic acids is 2. The number of benzene rings is 2. The molecule has 0 unspecified atom stereocenters.